The maximum Gasteiger partial charge on any atom is 0.0768 e. The van der Waals surface area contributed by atoms with E-state index in [1.807, 2.05) is 0 Å². The summed E-state index contributed by atoms with van der Waals surface area (Å²) < 4.78 is 0. The van der Waals surface area contributed by atoms with Crippen LogP contribution in [0.3, 0.4) is 0 Å². The second-order valence-corrected chi connectivity index (χ2v) is 5.47. The zero-order chi connectivity index (χ0) is 12.7. The Labute approximate surface area is 107 Å². The molecule has 1 atom stereocenters. The third-order valence-corrected chi connectivity index (χ3v) is 4.20. The molecule has 3 heteroatoms. The van der Waals surface area contributed by atoms with E-state index < -0.39 is 5.60 Å². The van der Waals surface area contributed by atoms with Gasteiger partial charge in [0, 0.05) is 13.1 Å². The van der Waals surface area contributed by atoms with Gasteiger partial charge < -0.3 is 15.3 Å². The Kier molecular flexibility index (Phi) is 6.45. The minimum atomic E-state index is -0.488. The lowest BCUT2D eigenvalue weighted by atomic mass is 9.94. The summed E-state index contributed by atoms with van der Waals surface area (Å²) in [5.74, 6) is 0.765. The van der Waals surface area contributed by atoms with Gasteiger partial charge in [0.2, 0.25) is 0 Å². The van der Waals surface area contributed by atoms with Crippen molar-refractivity contribution in [2.45, 2.75) is 52.1 Å². The normalized spacial score (nSPS) is 22.1. The van der Waals surface area contributed by atoms with Crippen LogP contribution in [0, 0.1) is 5.92 Å². The molecular formula is C14H30N2O. The van der Waals surface area contributed by atoms with Crippen molar-refractivity contribution < 1.29 is 5.11 Å². The Morgan fingerprint density at radius 2 is 2.00 bits per heavy atom. The van der Waals surface area contributed by atoms with Crippen LogP contribution >= 0.6 is 0 Å². The summed E-state index contributed by atoms with van der Waals surface area (Å²) >= 11 is 0. The first-order valence-corrected chi connectivity index (χ1v) is 7.29. The fourth-order valence-corrected chi connectivity index (χ4v) is 2.64. The molecule has 2 N–H and O–H groups in total. The molecule has 0 aromatic heterocycles. The van der Waals surface area contributed by atoms with E-state index in [-0.39, 0.29) is 0 Å². The fraction of sp³-hybridized carbons (Fsp3) is 1.00. The van der Waals surface area contributed by atoms with Crippen molar-refractivity contribution >= 4 is 0 Å². The zero-order valence-electron chi connectivity index (χ0n) is 11.8. The number of hydrogen-bond donors (Lipinski definition) is 2. The number of likely N-dealkylation sites (N-methyl/N-ethyl adjacent to an activating group) is 1. The molecule has 0 bridgehead atoms. The maximum absolute atomic E-state index is 10.4. The van der Waals surface area contributed by atoms with E-state index in [1.165, 1.54) is 19.4 Å². The van der Waals surface area contributed by atoms with Gasteiger partial charge in [0.15, 0.2) is 0 Å². The van der Waals surface area contributed by atoms with Crippen molar-refractivity contribution in [3.63, 3.8) is 0 Å². The Hall–Kier alpha value is -0.120. The van der Waals surface area contributed by atoms with E-state index in [0.717, 1.165) is 44.9 Å². The lowest BCUT2D eigenvalue weighted by Crippen LogP contribution is -2.46. The molecule has 1 saturated heterocycles. The topological polar surface area (TPSA) is 35.5 Å². The molecule has 1 aliphatic heterocycles. The standard InChI is InChI=1S/C14H30N2O/c1-4-14(17,5-2)12-16(6-3)11-13-8-7-9-15-10-13/h13,15,17H,4-12H2,1-3H3. The molecule has 0 radical (unpaired) electrons. The molecule has 0 aliphatic carbocycles. The van der Waals surface area contributed by atoms with E-state index in [4.69, 9.17) is 0 Å². The summed E-state index contributed by atoms with van der Waals surface area (Å²) in [5.41, 5.74) is -0.488. The summed E-state index contributed by atoms with van der Waals surface area (Å²) in [7, 11) is 0. The average molecular weight is 242 g/mol. The molecule has 0 aromatic carbocycles. The smallest absolute Gasteiger partial charge is 0.0768 e. The summed E-state index contributed by atoms with van der Waals surface area (Å²) in [6, 6.07) is 0. The van der Waals surface area contributed by atoms with Gasteiger partial charge in [-0.25, -0.2) is 0 Å². The van der Waals surface area contributed by atoms with E-state index in [1.54, 1.807) is 0 Å². The molecule has 1 aliphatic rings. The van der Waals surface area contributed by atoms with Gasteiger partial charge in [0.25, 0.3) is 0 Å². The van der Waals surface area contributed by atoms with Crippen molar-refractivity contribution in [2.24, 2.45) is 5.92 Å². The van der Waals surface area contributed by atoms with Crippen molar-refractivity contribution in [3.05, 3.63) is 0 Å². The average Bonchev–Trinajstić information content (AvgIpc) is 2.39. The molecule has 0 saturated carbocycles. The molecule has 1 heterocycles. The van der Waals surface area contributed by atoms with Crippen LogP contribution in [-0.2, 0) is 0 Å². The van der Waals surface area contributed by atoms with Gasteiger partial charge in [0.1, 0.15) is 0 Å². The number of rotatable bonds is 7. The SMILES string of the molecule is CCN(CC1CCCNC1)CC(O)(CC)CC. The number of nitrogens with one attached hydrogen (secondary N) is 1. The Morgan fingerprint density at radius 1 is 1.29 bits per heavy atom. The third-order valence-electron chi connectivity index (χ3n) is 4.20. The predicted octanol–water partition coefficient (Wildman–Crippen LogP) is 1.86. The van der Waals surface area contributed by atoms with Crippen LogP contribution in [0.4, 0.5) is 0 Å². The Bertz CT molecular complexity index is 198. The van der Waals surface area contributed by atoms with E-state index in [0.29, 0.717) is 0 Å². The first kappa shape index (κ1) is 14.9. The highest BCUT2D eigenvalue weighted by atomic mass is 16.3. The van der Waals surface area contributed by atoms with E-state index >= 15 is 0 Å². The van der Waals surface area contributed by atoms with Crippen LogP contribution in [0.15, 0.2) is 0 Å². The summed E-state index contributed by atoms with van der Waals surface area (Å²) in [6.45, 7) is 11.7. The van der Waals surface area contributed by atoms with Crippen LogP contribution in [0.5, 0.6) is 0 Å². The van der Waals surface area contributed by atoms with Gasteiger partial charge >= 0.3 is 0 Å². The van der Waals surface area contributed by atoms with Crippen molar-refractivity contribution in [2.75, 3.05) is 32.7 Å². The van der Waals surface area contributed by atoms with Gasteiger partial charge in [-0.3, -0.25) is 0 Å². The minimum Gasteiger partial charge on any atom is -0.389 e. The van der Waals surface area contributed by atoms with E-state index in [2.05, 4.69) is 31.0 Å². The Morgan fingerprint density at radius 3 is 2.47 bits per heavy atom. The van der Waals surface area contributed by atoms with Gasteiger partial charge in [-0.05, 0) is 51.2 Å². The molecule has 1 rings (SSSR count). The second kappa shape index (κ2) is 7.34. The molecule has 3 nitrogen and oxygen atoms in total. The van der Waals surface area contributed by atoms with Crippen LogP contribution in [0.1, 0.15) is 46.5 Å². The molecule has 17 heavy (non-hydrogen) atoms. The highest BCUT2D eigenvalue weighted by molar-refractivity contribution is 4.81. The zero-order valence-corrected chi connectivity index (χ0v) is 11.8. The number of aliphatic hydroxyl groups is 1. The summed E-state index contributed by atoms with van der Waals surface area (Å²) in [6.07, 6.45) is 4.33. The molecule has 0 spiro atoms. The lowest BCUT2D eigenvalue weighted by Gasteiger charge is -2.35. The molecule has 102 valence electrons. The third kappa shape index (κ3) is 4.94. The fourth-order valence-electron chi connectivity index (χ4n) is 2.64. The van der Waals surface area contributed by atoms with Crippen molar-refractivity contribution in [3.8, 4) is 0 Å². The molecule has 1 fully saturated rings. The van der Waals surface area contributed by atoms with Crippen LogP contribution in [0.2, 0.25) is 0 Å². The Balaban J connectivity index is 2.41. The van der Waals surface area contributed by atoms with Crippen molar-refractivity contribution in [1.82, 2.24) is 10.2 Å². The number of hydrogen-bond acceptors (Lipinski definition) is 3. The second-order valence-electron chi connectivity index (χ2n) is 5.47. The number of piperidine rings is 1. The molecular weight excluding hydrogens is 212 g/mol. The molecule has 0 aromatic rings. The highest BCUT2D eigenvalue weighted by Gasteiger charge is 2.26. The minimum absolute atomic E-state index is 0.488. The quantitative estimate of drug-likeness (QED) is 0.715. The lowest BCUT2D eigenvalue weighted by molar-refractivity contribution is -0.00647. The van der Waals surface area contributed by atoms with E-state index in [9.17, 15) is 5.11 Å². The van der Waals surface area contributed by atoms with Crippen LogP contribution in [0.25, 0.3) is 0 Å². The van der Waals surface area contributed by atoms with Gasteiger partial charge in [-0.15, -0.1) is 0 Å². The van der Waals surface area contributed by atoms with Crippen LogP contribution in [-0.4, -0.2) is 48.3 Å². The van der Waals surface area contributed by atoms with Crippen LogP contribution < -0.4 is 5.32 Å². The maximum atomic E-state index is 10.4. The summed E-state index contributed by atoms with van der Waals surface area (Å²) in [4.78, 5) is 2.42. The largest absolute Gasteiger partial charge is 0.389 e. The first-order chi connectivity index (χ1) is 8.13. The summed E-state index contributed by atoms with van der Waals surface area (Å²) in [5, 5.41) is 13.9. The predicted molar refractivity (Wildman–Crippen MR) is 73.2 cm³/mol. The van der Waals surface area contributed by atoms with Gasteiger partial charge in [0.05, 0.1) is 5.60 Å². The molecule has 1 unspecified atom stereocenters. The monoisotopic (exact) mass is 242 g/mol. The van der Waals surface area contributed by atoms with Gasteiger partial charge in [-0.2, -0.15) is 0 Å². The highest BCUT2D eigenvalue weighted by Crippen LogP contribution is 2.18. The first-order valence-electron chi connectivity index (χ1n) is 7.29. The molecule has 0 amide bonds. The number of nitrogens with zero attached hydrogens (tertiary/aromatic N) is 1. The van der Waals surface area contributed by atoms with Crippen molar-refractivity contribution in [1.29, 1.82) is 0 Å². The van der Waals surface area contributed by atoms with Gasteiger partial charge in [-0.1, -0.05) is 20.8 Å².